The maximum absolute atomic E-state index is 11.6. The molecule has 0 atom stereocenters. The van der Waals surface area contributed by atoms with Crippen molar-refractivity contribution in [2.24, 2.45) is 0 Å². The quantitative estimate of drug-likeness (QED) is 0.733. The van der Waals surface area contributed by atoms with Gasteiger partial charge in [-0.05, 0) is 26.0 Å². The summed E-state index contributed by atoms with van der Waals surface area (Å²) in [6, 6.07) is 6.65. The van der Waals surface area contributed by atoms with E-state index in [4.69, 9.17) is 4.74 Å². The van der Waals surface area contributed by atoms with Gasteiger partial charge in [-0.2, -0.15) is 0 Å². The first-order chi connectivity index (χ1) is 7.72. The lowest BCUT2D eigenvalue weighted by molar-refractivity contribution is 0.111. The Balaban J connectivity index is 2.80. The lowest BCUT2D eigenvalue weighted by Crippen LogP contribution is -2.33. The van der Waals surface area contributed by atoms with E-state index in [9.17, 15) is 9.59 Å². The first-order valence-corrected chi connectivity index (χ1v) is 5.23. The number of benzene rings is 1. The van der Waals surface area contributed by atoms with Crippen LogP contribution in [0.3, 0.4) is 0 Å². The normalized spacial score (nSPS) is 9.62. The first-order valence-electron chi connectivity index (χ1n) is 5.23. The number of hydrogen-bond donors (Lipinski definition) is 0. The second-order valence-corrected chi connectivity index (χ2v) is 3.20. The summed E-state index contributed by atoms with van der Waals surface area (Å²) in [5.74, 6) is 0.300. The van der Waals surface area contributed by atoms with Crippen molar-refractivity contribution < 1.29 is 14.3 Å². The lowest BCUT2D eigenvalue weighted by atomic mass is 10.2. The Kier molecular flexibility index (Phi) is 4.51. The van der Waals surface area contributed by atoms with E-state index < -0.39 is 6.09 Å². The highest BCUT2D eigenvalue weighted by Crippen LogP contribution is 2.16. The third-order valence-electron chi connectivity index (χ3n) is 2.26. The van der Waals surface area contributed by atoms with Crippen molar-refractivity contribution in [3.05, 3.63) is 29.8 Å². The van der Waals surface area contributed by atoms with E-state index in [2.05, 4.69) is 0 Å². The van der Waals surface area contributed by atoms with E-state index in [-0.39, 0.29) is 0 Å². The van der Waals surface area contributed by atoms with Crippen LogP contribution in [0.4, 0.5) is 4.79 Å². The zero-order valence-corrected chi connectivity index (χ0v) is 9.47. The molecular weight excluding hydrogens is 206 g/mol. The molecule has 0 aliphatic carbocycles. The van der Waals surface area contributed by atoms with Crippen LogP contribution in [-0.2, 0) is 0 Å². The molecule has 0 spiro atoms. The van der Waals surface area contributed by atoms with Crippen molar-refractivity contribution in [2.45, 2.75) is 13.8 Å². The fourth-order valence-corrected chi connectivity index (χ4v) is 1.31. The molecule has 0 aromatic heterocycles. The fraction of sp³-hybridized carbons (Fsp3) is 0.333. The number of amides is 1. The number of ether oxygens (including phenoxy) is 1. The Bertz CT molecular complexity index is 372. The predicted octanol–water partition coefficient (Wildman–Crippen LogP) is 2.34. The molecule has 0 saturated carbocycles. The minimum Gasteiger partial charge on any atom is -0.409 e. The Morgan fingerprint density at radius 2 is 1.94 bits per heavy atom. The molecule has 0 heterocycles. The number of para-hydroxylation sites is 1. The average molecular weight is 221 g/mol. The molecule has 0 aliphatic heterocycles. The van der Waals surface area contributed by atoms with Crippen LogP contribution in [-0.4, -0.2) is 30.4 Å². The first kappa shape index (κ1) is 12.2. The Labute approximate surface area is 94.8 Å². The summed E-state index contributed by atoms with van der Waals surface area (Å²) in [7, 11) is 0. The number of carbonyl (C=O) groups excluding carboxylic acids is 2. The molecule has 1 aromatic carbocycles. The number of nitrogens with zero attached hydrogens (tertiary/aromatic N) is 1. The maximum Gasteiger partial charge on any atom is 0.415 e. The van der Waals surface area contributed by atoms with Crippen LogP contribution in [0.15, 0.2) is 24.3 Å². The van der Waals surface area contributed by atoms with E-state index in [0.29, 0.717) is 30.7 Å². The summed E-state index contributed by atoms with van der Waals surface area (Å²) in [5.41, 5.74) is 0.378. The van der Waals surface area contributed by atoms with Gasteiger partial charge in [0, 0.05) is 13.1 Å². The highest BCUT2D eigenvalue weighted by Gasteiger charge is 2.13. The van der Waals surface area contributed by atoms with Gasteiger partial charge in [-0.15, -0.1) is 0 Å². The van der Waals surface area contributed by atoms with Crippen LogP contribution in [0.2, 0.25) is 0 Å². The van der Waals surface area contributed by atoms with Gasteiger partial charge < -0.3 is 9.64 Å². The zero-order chi connectivity index (χ0) is 12.0. The topological polar surface area (TPSA) is 46.6 Å². The second-order valence-electron chi connectivity index (χ2n) is 3.20. The fourth-order valence-electron chi connectivity index (χ4n) is 1.31. The minimum absolute atomic E-state index is 0.300. The summed E-state index contributed by atoms with van der Waals surface area (Å²) in [6.07, 6.45) is 0.240. The van der Waals surface area contributed by atoms with Gasteiger partial charge >= 0.3 is 6.09 Å². The van der Waals surface area contributed by atoms with Gasteiger partial charge in [0.2, 0.25) is 0 Å². The summed E-state index contributed by atoms with van der Waals surface area (Å²) in [6.45, 7) is 4.91. The maximum atomic E-state index is 11.6. The molecule has 86 valence electrons. The van der Waals surface area contributed by atoms with Crippen LogP contribution in [0, 0.1) is 0 Å². The zero-order valence-electron chi connectivity index (χ0n) is 9.47. The van der Waals surface area contributed by atoms with Crippen LogP contribution >= 0.6 is 0 Å². The molecule has 16 heavy (non-hydrogen) atoms. The SMILES string of the molecule is CCN(CC)C(=O)Oc1ccccc1C=O. The summed E-state index contributed by atoms with van der Waals surface area (Å²) < 4.78 is 5.14. The molecule has 1 aromatic rings. The van der Waals surface area contributed by atoms with Crippen molar-refractivity contribution in [2.75, 3.05) is 13.1 Å². The van der Waals surface area contributed by atoms with Crippen molar-refractivity contribution >= 4 is 12.4 Å². The largest absolute Gasteiger partial charge is 0.415 e. The number of carbonyl (C=O) groups is 2. The number of hydrogen-bond acceptors (Lipinski definition) is 3. The molecular formula is C12H15NO3. The Morgan fingerprint density at radius 3 is 2.50 bits per heavy atom. The van der Waals surface area contributed by atoms with E-state index in [0.717, 1.165) is 0 Å². The molecule has 0 saturated heterocycles. The Hall–Kier alpha value is -1.84. The van der Waals surface area contributed by atoms with Gasteiger partial charge in [-0.1, -0.05) is 12.1 Å². The summed E-state index contributed by atoms with van der Waals surface area (Å²) >= 11 is 0. The number of aldehydes is 1. The van der Waals surface area contributed by atoms with Crippen molar-refractivity contribution in [3.63, 3.8) is 0 Å². The van der Waals surface area contributed by atoms with Crippen LogP contribution in [0.5, 0.6) is 5.75 Å². The van der Waals surface area contributed by atoms with Gasteiger partial charge in [0.1, 0.15) is 5.75 Å². The predicted molar refractivity (Wildman–Crippen MR) is 60.8 cm³/mol. The molecule has 1 amide bonds. The van der Waals surface area contributed by atoms with Crippen molar-refractivity contribution in [1.29, 1.82) is 0 Å². The second kappa shape index (κ2) is 5.90. The van der Waals surface area contributed by atoms with Gasteiger partial charge in [0.05, 0.1) is 5.56 Å². The monoisotopic (exact) mass is 221 g/mol. The average Bonchev–Trinajstić information content (AvgIpc) is 2.31. The molecule has 0 fully saturated rings. The molecule has 0 bridgehead atoms. The standard InChI is InChI=1S/C12H15NO3/c1-3-13(4-2)12(15)16-11-8-6-5-7-10(11)9-14/h5-9H,3-4H2,1-2H3. The third-order valence-corrected chi connectivity index (χ3v) is 2.26. The van der Waals surface area contributed by atoms with Gasteiger partial charge in [-0.3, -0.25) is 4.79 Å². The van der Waals surface area contributed by atoms with Gasteiger partial charge in [0.25, 0.3) is 0 Å². The molecule has 0 radical (unpaired) electrons. The summed E-state index contributed by atoms with van der Waals surface area (Å²) in [5, 5.41) is 0. The molecule has 0 unspecified atom stereocenters. The smallest absolute Gasteiger partial charge is 0.409 e. The Morgan fingerprint density at radius 1 is 1.31 bits per heavy atom. The third kappa shape index (κ3) is 2.82. The van der Waals surface area contributed by atoms with E-state index >= 15 is 0 Å². The molecule has 0 aliphatic rings. The highest BCUT2D eigenvalue weighted by atomic mass is 16.6. The molecule has 0 N–H and O–H groups in total. The minimum atomic E-state index is -0.431. The van der Waals surface area contributed by atoms with Crippen molar-refractivity contribution in [3.8, 4) is 5.75 Å². The molecule has 4 nitrogen and oxygen atoms in total. The molecule has 4 heteroatoms. The van der Waals surface area contributed by atoms with E-state index in [1.54, 1.807) is 29.2 Å². The van der Waals surface area contributed by atoms with E-state index in [1.807, 2.05) is 13.8 Å². The van der Waals surface area contributed by atoms with E-state index in [1.165, 1.54) is 0 Å². The molecule has 1 rings (SSSR count). The van der Waals surface area contributed by atoms with Gasteiger partial charge in [-0.25, -0.2) is 4.79 Å². The van der Waals surface area contributed by atoms with Crippen LogP contribution < -0.4 is 4.74 Å². The van der Waals surface area contributed by atoms with Crippen LogP contribution in [0.25, 0.3) is 0 Å². The number of rotatable bonds is 4. The van der Waals surface area contributed by atoms with Gasteiger partial charge in [0.15, 0.2) is 6.29 Å². The highest BCUT2D eigenvalue weighted by molar-refractivity contribution is 5.81. The van der Waals surface area contributed by atoms with Crippen molar-refractivity contribution in [1.82, 2.24) is 4.90 Å². The summed E-state index contributed by atoms with van der Waals surface area (Å²) in [4.78, 5) is 23.9. The van der Waals surface area contributed by atoms with Crippen LogP contribution in [0.1, 0.15) is 24.2 Å². The lowest BCUT2D eigenvalue weighted by Gasteiger charge is -2.18.